The standard InChI is InChI=1S/C10H14N2O2/c1-6-3-7(2)9(13)8(4-6)5-12-10(11)14/h3-4,13H,5H2,1-2H3,(H3,11,12,14). The summed E-state index contributed by atoms with van der Waals surface area (Å²) < 4.78 is 0. The van der Waals surface area contributed by atoms with E-state index in [9.17, 15) is 9.90 Å². The number of urea groups is 1. The van der Waals surface area contributed by atoms with E-state index in [1.165, 1.54) is 0 Å². The summed E-state index contributed by atoms with van der Waals surface area (Å²) in [5.74, 6) is 0.212. The van der Waals surface area contributed by atoms with E-state index in [4.69, 9.17) is 5.73 Å². The van der Waals surface area contributed by atoms with Gasteiger partial charge >= 0.3 is 6.03 Å². The number of phenolic OH excluding ortho intramolecular Hbond substituents is 1. The predicted octanol–water partition coefficient (Wildman–Crippen LogP) is 1.18. The summed E-state index contributed by atoms with van der Waals surface area (Å²) in [6, 6.07) is 3.10. The molecule has 0 aliphatic heterocycles. The fourth-order valence-corrected chi connectivity index (χ4v) is 1.37. The Balaban J connectivity index is 2.90. The molecule has 0 aromatic heterocycles. The molecule has 0 aliphatic rings. The number of carbonyl (C=O) groups is 1. The van der Waals surface area contributed by atoms with E-state index in [0.717, 1.165) is 11.1 Å². The maximum atomic E-state index is 10.5. The number of carbonyl (C=O) groups excluding carboxylic acids is 1. The van der Waals surface area contributed by atoms with Gasteiger partial charge in [0, 0.05) is 12.1 Å². The number of amides is 2. The van der Waals surface area contributed by atoms with Crippen LogP contribution in [0, 0.1) is 13.8 Å². The summed E-state index contributed by atoms with van der Waals surface area (Å²) in [6.45, 7) is 4.00. The van der Waals surface area contributed by atoms with Crippen LogP contribution in [0.2, 0.25) is 0 Å². The molecule has 0 atom stereocenters. The second-order valence-corrected chi connectivity index (χ2v) is 3.31. The van der Waals surface area contributed by atoms with Gasteiger partial charge in [0.15, 0.2) is 0 Å². The van der Waals surface area contributed by atoms with Crippen molar-refractivity contribution in [3.8, 4) is 5.75 Å². The number of rotatable bonds is 2. The first-order chi connectivity index (χ1) is 6.50. The van der Waals surface area contributed by atoms with E-state index in [2.05, 4.69) is 5.32 Å². The van der Waals surface area contributed by atoms with Crippen LogP contribution in [0.3, 0.4) is 0 Å². The largest absolute Gasteiger partial charge is 0.507 e. The minimum Gasteiger partial charge on any atom is -0.507 e. The molecule has 14 heavy (non-hydrogen) atoms. The number of hydrogen-bond acceptors (Lipinski definition) is 2. The first-order valence-corrected chi connectivity index (χ1v) is 4.33. The van der Waals surface area contributed by atoms with Crippen LogP contribution in [0.4, 0.5) is 4.79 Å². The van der Waals surface area contributed by atoms with Gasteiger partial charge in [-0.05, 0) is 19.4 Å². The van der Waals surface area contributed by atoms with E-state index >= 15 is 0 Å². The van der Waals surface area contributed by atoms with Crippen molar-refractivity contribution in [1.29, 1.82) is 0 Å². The number of hydrogen-bond donors (Lipinski definition) is 3. The number of nitrogens with two attached hydrogens (primary N) is 1. The molecule has 0 saturated heterocycles. The smallest absolute Gasteiger partial charge is 0.312 e. The zero-order valence-electron chi connectivity index (χ0n) is 8.29. The molecule has 2 amide bonds. The SMILES string of the molecule is Cc1cc(C)c(O)c(CNC(N)=O)c1. The quantitative estimate of drug-likeness (QED) is 0.661. The van der Waals surface area contributed by atoms with Gasteiger partial charge in [0.25, 0.3) is 0 Å². The summed E-state index contributed by atoms with van der Waals surface area (Å²) in [4.78, 5) is 10.5. The number of aromatic hydroxyl groups is 1. The van der Waals surface area contributed by atoms with Gasteiger partial charge in [0.1, 0.15) is 5.75 Å². The normalized spacial score (nSPS) is 9.86. The van der Waals surface area contributed by atoms with Crippen molar-refractivity contribution < 1.29 is 9.90 Å². The lowest BCUT2D eigenvalue weighted by Crippen LogP contribution is -2.28. The molecule has 0 fully saturated rings. The van der Waals surface area contributed by atoms with Crippen LogP contribution >= 0.6 is 0 Å². The highest BCUT2D eigenvalue weighted by Crippen LogP contribution is 2.23. The van der Waals surface area contributed by atoms with Crippen LogP contribution in [0.25, 0.3) is 0 Å². The van der Waals surface area contributed by atoms with E-state index in [1.54, 1.807) is 0 Å². The fraction of sp³-hybridized carbons (Fsp3) is 0.300. The van der Waals surface area contributed by atoms with Gasteiger partial charge in [-0.1, -0.05) is 17.7 Å². The summed E-state index contributed by atoms with van der Waals surface area (Å²) in [7, 11) is 0. The second-order valence-electron chi connectivity index (χ2n) is 3.31. The lowest BCUT2D eigenvalue weighted by Gasteiger charge is -2.08. The molecular weight excluding hydrogens is 180 g/mol. The summed E-state index contributed by atoms with van der Waals surface area (Å²) in [5.41, 5.74) is 7.46. The van der Waals surface area contributed by atoms with Gasteiger partial charge in [-0.2, -0.15) is 0 Å². The highest BCUT2D eigenvalue weighted by molar-refractivity contribution is 5.71. The van der Waals surface area contributed by atoms with Gasteiger partial charge in [-0.15, -0.1) is 0 Å². The Kier molecular flexibility index (Phi) is 2.96. The topological polar surface area (TPSA) is 75.3 Å². The Morgan fingerprint density at radius 1 is 1.50 bits per heavy atom. The van der Waals surface area contributed by atoms with Crippen LogP contribution in [0.1, 0.15) is 16.7 Å². The molecule has 0 spiro atoms. The summed E-state index contributed by atoms with van der Waals surface area (Å²) in [6.07, 6.45) is 0. The molecule has 0 unspecified atom stereocenters. The maximum absolute atomic E-state index is 10.5. The molecule has 0 heterocycles. The van der Waals surface area contributed by atoms with Crippen LogP contribution in [0.5, 0.6) is 5.75 Å². The van der Waals surface area contributed by atoms with Crippen LogP contribution in [-0.2, 0) is 6.54 Å². The number of benzene rings is 1. The van der Waals surface area contributed by atoms with Gasteiger partial charge in [0.05, 0.1) is 0 Å². The van der Waals surface area contributed by atoms with Gasteiger partial charge in [-0.25, -0.2) is 4.79 Å². The maximum Gasteiger partial charge on any atom is 0.312 e. The van der Waals surface area contributed by atoms with Crippen molar-refractivity contribution in [1.82, 2.24) is 5.32 Å². The minimum absolute atomic E-state index is 0.212. The zero-order chi connectivity index (χ0) is 10.7. The predicted molar refractivity (Wildman–Crippen MR) is 54.0 cm³/mol. The van der Waals surface area contributed by atoms with E-state index < -0.39 is 6.03 Å². The number of phenols is 1. The summed E-state index contributed by atoms with van der Waals surface area (Å²) in [5, 5.41) is 12.1. The molecular formula is C10H14N2O2. The van der Waals surface area contributed by atoms with Crippen LogP contribution < -0.4 is 11.1 Å². The van der Waals surface area contributed by atoms with Gasteiger partial charge in [0.2, 0.25) is 0 Å². The Morgan fingerprint density at radius 2 is 2.14 bits per heavy atom. The Labute approximate surface area is 82.7 Å². The molecule has 4 nitrogen and oxygen atoms in total. The lowest BCUT2D eigenvalue weighted by molar-refractivity contribution is 0.248. The monoisotopic (exact) mass is 194 g/mol. The third-order valence-corrected chi connectivity index (χ3v) is 1.98. The molecule has 0 saturated carbocycles. The Bertz CT molecular complexity index is 361. The molecule has 1 aromatic carbocycles. The van der Waals surface area contributed by atoms with Gasteiger partial charge in [-0.3, -0.25) is 0 Å². The average Bonchev–Trinajstić information content (AvgIpc) is 2.08. The molecule has 4 N–H and O–H groups in total. The summed E-state index contributed by atoms with van der Waals surface area (Å²) >= 11 is 0. The zero-order valence-corrected chi connectivity index (χ0v) is 8.29. The first kappa shape index (κ1) is 10.4. The first-order valence-electron chi connectivity index (χ1n) is 4.33. The molecule has 1 aromatic rings. The molecule has 0 bridgehead atoms. The van der Waals surface area contributed by atoms with Crippen molar-refractivity contribution in [3.05, 3.63) is 28.8 Å². The number of primary amides is 1. The van der Waals surface area contributed by atoms with Crippen molar-refractivity contribution in [2.24, 2.45) is 5.73 Å². The Morgan fingerprint density at radius 3 is 2.71 bits per heavy atom. The third-order valence-electron chi connectivity index (χ3n) is 1.98. The molecule has 4 heteroatoms. The average molecular weight is 194 g/mol. The van der Waals surface area contributed by atoms with Gasteiger partial charge < -0.3 is 16.2 Å². The fourth-order valence-electron chi connectivity index (χ4n) is 1.37. The highest BCUT2D eigenvalue weighted by atomic mass is 16.3. The van der Waals surface area contributed by atoms with Crippen molar-refractivity contribution in [2.45, 2.75) is 20.4 Å². The minimum atomic E-state index is -0.594. The number of aryl methyl sites for hydroxylation is 2. The van der Waals surface area contributed by atoms with Crippen molar-refractivity contribution >= 4 is 6.03 Å². The number of nitrogens with one attached hydrogen (secondary N) is 1. The molecule has 1 rings (SSSR count). The van der Waals surface area contributed by atoms with Crippen molar-refractivity contribution in [3.63, 3.8) is 0 Å². The van der Waals surface area contributed by atoms with Crippen LogP contribution in [-0.4, -0.2) is 11.1 Å². The second kappa shape index (κ2) is 4.00. The van der Waals surface area contributed by atoms with E-state index in [-0.39, 0.29) is 12.3 Å². The third kappa shape index (κ3) is 2.39. The van der Waals surface area contributed by atoms with E-state index in [0.29, 0.717) is 5.56 Å². The van der Waals surface area contributed by atoms with Crippen LogP contribution in [0.15, 0.2) is 12.1 Å². The Hall–Kier alpha value is -1.71. The molecule has 0 radical (unpaired) electrons. The van der Waals surface area contributed by atoms with E-state index in [1.807, 2.05) is 26.0 Å². The lowest BCUT2D eigenvalue weighted by atomic mass is 10.1. The highest BCUT2D eigenvalue weighted by Gasteiger charge is 2.05. The molecule has 0 aliphatic carbocycles. The molecule has 76 valence electrons. The van der Waals surface area contributed by atoms with Crippen molar-refractivity contribution in [2.75, 3.05) is 0 Å².